The molecule has 2 unspecified atom stereocenters. The van der Waals surface area contributed by atoms with Crippen LogP contribution in [0.3, 0.4) is 0 Å². The molecular formula is C30H48Br2Cl2Zr. The van der Waals surface area contributed by atoms with E-state index in [4.69, 9.17) is 17.0 Å². The predicted molar refractivity (Wildman–Crippen MR) is 165 cm³/mol. The maximum atomic E-state index is 4.93. The first-order chi connectivity index (χ1) is 15.7. The molecule has 0 saturated heterocycles. The van der Waals surface area contributed by atoms with Crippen LogP contribution in [0, 0.1) is 56.3 Å². The van der Waals surface area contributed by atoms with Crippen molar-refractivity contribution in [1.29, 1.82) is 0 Å². The van der Waals surface area contributed by atoms with E-state index in [1.165, 1.54) is 54.1 Å². The van der Waals surface area contributed by atoms with Gasteiger partial charge in [0.05, 0.1) is 0 Å². The zero-order valence-electron chi connectivity index (χ0n) is 23.0. The molecule has 3 fully saturated rings. The Morgan fingerprint density at radius 2 is 1.17 bits per heavy atom. The molecule has 0 nitrogen and oxygen atoms in total. The van der Waals surface area contributed by atoms with Crippen molar-refractivity contribution in [1.82, 2.24) is 0 Å². The fourth-order valence-corrected chi connectivity index (χ4v) is 7.80. The van der Waals surface area contributed by atoms with E-state index in [1.54, 1.807) is 0 Å². The molecule has 5 rings (SSSR count). The van der Waals surface area contributed by atoms with Crippen LogP contribution in [0.15, 0.2) is 28.7 Å². The van der Waals surface area contributed by atoms with Gasteiger partial charge in [0, 0.05) is 15.7 Å². The normalized spacial score (nSPS) is 33.8. The van der Waals surface area contributed by atoms with E-state index in [9.17, 15) is 0 Å². The number of hydrogen-bond donors (Lipinski definition) is 0. The van der Waals surface area contributed by atoms with E-state index in [1.807, 2.05) is 0 Å². The summed E-state index contributed by atoms with van der Waals surface area (Å²) in [5.74, 6) is 6.87. The molecule has 0 amide bonds. The topological polar surface area (TPSA) is 0 Å². The number of halogens is 4. The minimum absolute atomic E-state index is 0. The fourth-order valence-electron chi connectivity index (χ4n) is 6.29. The fraction of sp³-hybridized carbons (Fsp3) is 0.667. The van der Waals surface area contributed by atoms with Crippen molar-refractivity contribution >= 4 is 55.0 Å². The summed E-state index contributed by atoms with van der Waals surface area (Å²) in [7, 11) is 9.87. The van der Waals surface area contributed by atoms with Crippen LogP contribution in [0.4, 0.5) is 0 Å². The van der Waals surface area contributed by atoms with Crippen molar-refractivity contribution < 1.29 is 20.8 Å². The monoisotopic (exact) mass is 726 g/mol. The average molecular weight is 731 g/mol. The van der Waals surface area contributed by atoms with Crippen LogP contribution in [-0.2, 0) is 27.3 Å². The van der Waals surface area contributed by atoms with E-state index < -0.39 is 20.8 Å². The first-order valence-corrected chi connectivity index (χ1v) is 20.8. The van der Waals surface area contributed by atoms with Gasteiger partial charge in [-0.3, -0.25) is 0 Å². The Bertz CT molecular complexity index is 682. The molecule has 3 saturated carbocycles. The molecule has 0 spiro atoms. The van der Waals surface area contributed by atoms with Gasteiger partial charge in [0.15, 0.2) is 0 Å². The molecule has 4 aliphatic rings. The molecule has 4 aliphatic carbocycles. The van der Waals surface area contributed by atoms with Crippen molar-refractivity contribution in [2.75, 3.05) is 0 Å². The Labute approximate surface area is 254 Å². The van der Waals surface area contributed by atoms with Gasteiger partial charge in [0.2, 0.25) is 0 Å². The number of rotatable bonds is 0. The van der Waals surface area contributed by atoms with Crippen molar-refractivity contribution in [2.45, 2.75) is 84.4 Å². The van der Waals surface area contributed by atoms with Crippen molar-refractivity contribution in [3.05, 3.63) is 54.7 Å². The Morgan fingerprint density at radius 1 is 0.771 bits per heavy atom. The van der Waals surface area contributed by atoms with Gasteiger partial charge in [0.1, 0.15) is 0 Å². The van der Waals surface area contributed by atoms with Crippen LogP contribution in [0.1, 0.15) is 84.3 Å². The predicted octanol–water partition coefficient (Wildman–Crippen LogP) is 11.8. The number of hydrogen-bond acceptors (Lipinski definition) is 0. The summed E-state index contributed by atoms with van der Waals surface area (Å²) < 4.78 is 1.29. The summed E-state index contributed by atoms with van der Waals surface area (Å²) in [6, 6.07) is 8.46. The second-order valence-corrected chi connectivity index (χ2v) is 16.8. The van der Waals surface area contributed by atoms with E-state index in [0.29, 0.717) is 0 Å². The summed E-state index contributed by atoms with van der Waals surface area (Å²) in [5, 5.41) is 0. The number of allylic oxidation sites excluding steroid dienone is 1. The van der Waals surface area contributed by atoms with Crippen molar-refractivity contribution in [3.8, 4) is 0 Å². The quantitative estimate of drug-likeness (QED) is 0.184. The molecule has 1 aromatic carbocycles. The molecule has 0 radical (unpaired) electrons. The molecule has 2 atom stereocenters. The van der Waals surface area contributed by atoms with E-state index >= 15 is 0 Å². The SMILES string of the molecule is BrC1=Cc2ccccc2C1.BrC1CC2CCCCC2C1.CC1C(C)C(C)C(C)C1C.[CH3-].[CH3-].[Cl][Zr+2][Cl]. The molecular weight excluding hydrogens is 682 g/mol. The Kier molecular flexibility index (Phi) is 19.4. The van der Waals surface area contributed by atoms with Crippen LogP contribution in [0.5, 0.6) is 0 Å². The van der Waals surface area contributed by atoms with Crippen LogP contribution in [0.25, 0.3) is 6.08 Å². The van der Waals surface area contributed by atoms with Gasteiger partial charge in [-0.05, 0) is 71.5 Å². The first kappa shape index (κ1) is 36.4. The van der Waals surface area contributed by atoms with Crippen LogP contribution >= 0.6 is 48.9 Å². The molecule has 1 aromatic rings. The van der Waals surface area contributed by atoms with Gasteiger partial charge >= 0.3 is 37.9 Å². The summed E-state index contributed by atoms with van der Waals surface area (Å²) in [4.78, 5) is 0.862. The third kappa shape index (κ3) is 11.2. The molecule has 0 N–H and O–H groups in total. The zero-order chi connectivity index (χ0) is 24.5. The Balaban J connectivity index is 0.000000456. The molecule has 0 bridgehead atoms. The van der Waals surface area contributed by atoms with Gasteiger partial charge in [0.25, 0.3) is 0 Å². The second-order valence-electron chi connectivity index (χ2n) is 10.7. The minimum atomic E-state index is -0.826. The number of fused-ring (bicyclic) bond motifs is 2. The first-order valence-electron chi connectivity index (χ1n) is 12.7. The van der Waals surface area contributed by atoms with E-state index in [2.05, 4.69) is 96.8 Å². The molecule has 0 aromatic heterocycles. The molecule has 5 heteroatoms. The molecule has 35 heavy (non-hydrogen) atoms. The summed E-state index contributed by atoms with van der Waals surface area (Å²) in [6.45, 7) is 12.0. The average Bonchev–Trinajstić information content (AvgIpc) is 3.42. The van der Waals surface area contributed by atoms with Crippen LogP contribution < -0.4 is 0 Å². The second kappa shape index (κ2) is 18.6. The van der Waals surface area contributed by atoms with Gasteiger partial charge in [-0.1, -0.05) is 116 Å². The third-order valence-corrected chi connectivity index (χ3v) is 10.3. The standard InChI is InChI=1S/C10H20.C9H15Br.C9H7Br.2CH3.2ClH.Zr/c1-6-7(2)9(4)10(5)8(6)3;2*10-9-5-7-3-1-2-4-8(7)6-9;;;;;/h6-10H,1-5H3;7-9H,1-6H2;1-5H,6H2;2*1H3;2*1H;/q;;;2*-1;;;+4/p-2. The number of alkyl halides is 1. The third-order valence-electron chi connectivity index (χ3n) is 9.06. The number of benzene rings is 1. The van der Waals surface area contributed by atoms with Gasteiger partial charge in [-0.15, -0.1) is 0 Å². The van der Waals surface area contributed by atoms with Crippen molar-refractivity contribution in [3.63, 3.8) is 0 Å². The van der Waals surface area contributed by atoms with Gasteiger partial charge < -0.3 is 14.9 Å². The van der Waals surface area contributed by atoms with E-state index in [-0.39, 0.29) is 14.9 Å². The zero-order valence-corrected chi connectivity index (χ0v) is 30.1. The summed E-state index contributed by atoms with van der Waals surface area (Å²) in [5.41, 5.74) is 2.78. The maximum absolute atomic E-state index is 4.93. The molecule has 0 heterocycles. The van der Waals surface area contributed by atoms with Crippen LogP contribution in [0.2, 0.25) is 0 Å². The molecule has 0 aliphatic heterocycles. The van der Waals surface area contributed by atoms with Gasteiger partial charge in [-0.25, -0.2) is 0 Å². The van der Waals surface area contributed by atoms with Crippen LogP contribution in [-0.4, -0.2) is 4.83 Å². The molecule has 200 valence electrons. The Morgan fingerprint density at radius 3 is 1.57 bits per heavy atom. The van der Waals surface area contributed by atoms with E-state index in [0.717, 1.165) is 52.7 Å². The van der Waals surface area contributed by atoms with Crippen molar-refractivity contribution in [2.24, 2.45) is 41.4 Å². The Hall–Kier alpha value is 1.38. The van der Waals surface area contributed by atoms with Gasteiger partial charge in [-0.2, -0.15) is 0 Å². The summed E-state index contributed by atoms with van der Waals surface area (Å²) >= 11 is 6.38. The summed E-state index contributed by atoms with van der Waals surface area (Å²) in [6.07, 6.45) is 12.2.